The summed E-state index contributed by atoms with van der Waals surface area (Å²) in [6, 6.07) is 12.6. The van der Waals surface area contributed by atoms with Crippen LogP contribution in [0.1, 0.15) is 42.3 Å². The first-order valence-corrected chi connectivity index (χ1v) is 8.11. The first kappa shape index (κ1) is 16.8. The highest BCUT2D eigenvalue weighted by atomic mass is 16.5. The molecule has 1 aliphatic carbocycles. The normalized spacial score (nSPS) is 12.8. The van der Waals surface area contributed by atoms with Crippen LogP contribution in [0.15, 0.2) is 48.0 Å². The fraction of sp³-hybridized carbons (Fsp3) is 0.190. The van der Waals surface area contributed by atoms with Crippen molar-refractivity contribution in [2.45, 2.75) is 26.9 Å². The van der Waals surface area contributed by atoms with Gasteiger partial charge in [0.05, 0.1) is 6.10 Å². The van der Waals surface area contributed by atoms with E-state index < -0.39 is 5.97 Å². The van der Waals surface area contributed by atoms with Gasteiger partial charge in [0.25, 0.3) is 0 Å². The molecule has 0 atom stereocenters. The predicted octanol–water partition coefficient (Wildman–Crippen LogP) is 3.82. The Kier molecular flexibility index (Phi) is 4.36. The molecule has 0 unspecified atom stereocenters. The van der Waals surface area contributed by atoms with Gasteiger partial charge >= 0.3 is 5.97 Å². The predicted molar refractivity (Wildman–Crippen MR) is 95.2 cm³/mol. The molecule has 0 aliphatic heterocycles. The van der Waals surface area contributed by atoms with Crippen molar-refractivity contribution < 1.29 is 19.1 Å². The Morgan fingerprint density at radius 2 is 1.60 bits per heavy atom. The highest BCUT2D eigenvalue weighted by Crippen LogP contribution is 2.39. The molecule has 3 rings (SSSR count). The molecule has 0 N–H and O–H groups in total. The molecule has 0 radical (unpaired) electrons. The van der Waals surface area contributed by atoms with E-state index >= 15 is 0 Å². The lowest BCUT2D eigenvalue weighted by Gasteiger charge is -2.10. The SMILES string of the molecule is CC(=O)/C(=C/c1cccc2c1-c1ccccc1C2=O)C(=O)OC(C)C. The van der Waals surface area contributed by atoms with Gasteiger partial charge in [0.1, 0.15) is 5.57 Å². The average molecular weight is 334 g/mol. The van der Waals surface area contributed by atoms with Gasteiger partial charge in [-0.1, -0.05) is 42.5 Å². The monoisotopic (exact) mass is 334 g/mol. The Morgan fingerprint density at radius 1 is 0.960 bits per heavy atom. The number of benzene rings is 2. The quantitative estimate of drug-likeness (QED) is 0.315. The van der Waals surface area contributed by atoms with Crippen molar-refractivity contribution in [1.29, 1.82) is 0 Å². The Hall–Kier alpha value is -3.01. The van der Waals surface area contributed by atoms with Gasteiger partial charge in [-0.15, -0.1) is 0 Å². The van der Waals surface area contributed by atoms with E-state index in [4.69, 9.17) is 4.74 Å². The van der Waals surface area contributed by atoms with E-state index in [1.807, 2.05) is 18.2 Å². The average Bonchev–Trinajstić information content (AvgIpc) is 2.86. The lowest BCUT2D eigenvalue weighted by molar-refractivity contribution is -0.143. The van der Waals surface area contributed by atoms with E-state index in [9.17, 15) is 14.4 Å². The largest absolute Gasteiger partial charge is 0.459 e. The summed E-state index contributed by atoms with van der Waals surface area (Å²) in [4.78, 5) is 36.7. The summed E-state index contributed by atoms with van der Waals surface area (Å²) in [5, 5.41) is 0. The van der Waals surface area contributed by atoms with Crippen molar-refractivity contribution in [2.24, 2.45) is 0 Å². The Bertz CT molecular complexity index is 919. The molecule has 0 saturated carbocycles. The first-order chi connectivity index (χ1) is 11.9. The van der Waals surface area contributed by atoms with E-state index in [2.05, 4.69) is 0 Å². The number of Topliss-reactive ketones (excluding diaryl/α,β-unsaturated/α-hetero) is 1. The van der Waals surface area contributed by atoms with E-state index in [1.165, 1.54) is 13.0 Å². The second kappa shape index (κ2) is 6.48. The molecule has 25 heavy (non-hydrogen) atoms. The maximum absolute atomic E-state index is 12.6. The minimum atomic E-state index is -0.655. The Labute approximate surface area is 146 Å². The summed E-state index contributed by atoms with van der Waals surface area (Å²) in [5.41, 5.74) is 3.40. The molecule has 126 valence electrons. The summed E-state index contributed by atoms with van der Waals surface area (Å²) in [5.74, 6) is -1.08. The molecule has 0 aromatic heterocycles. The smallest absolute Gasteiger partial charge is 0.342 e. The number of fused-ring (bicyclic) bond motifs is 3. The lowest BCUT2D eigenvalue weighted by atomic mass is 9.97. The summed E-state index contributed by atoms with van der Waals surface area (Å²) in [7, 11) is 0. The summed E-state index contributed by atoms with van der Waals surface area (Å²) < 4.78 is 5.16. The zero-order valence-corrected chi connectivity index (χ0v) is 14.3. The second-order valence-electron chi connectivity index (χ2n) is 6.21. The van der Waals surface area contributed by atoms with Crippen LogP contribution in [0.3, 0.4) is 0 Å². The third-order valence-corrected chi connectivity index (χ3v) is 4.02. The van der Waals surface area contributed by atoms with Crippen LogP contribution >= 0.6 is 0 Å². The molecule has 0 spiro atoms. The molecule has 2 aromatic carbocycles. The molecule has 0 bridgehead atoms. The Balaban J connectivity index is 2.16. The molecule has 1 aliphatic rings. The molecule has 0 fully saturated rings. The number of carbonyl (C=O) groups is 3. The Morgan fingerprint density at radius 3 is 2.24 bits per heavy atom. The van der Waals surface area contributed by atoms with Crippen LogP contribution < -0.4 is 0 Å². The fourth-order valence-corrected chi connectivity index (χ4v) is 2.96. The highest BCUT2D eigenvalue weighted by molar-refractivity contribution is 6.24. The number of hydrogen-bond donors (Lipinski definition) is 0. The van der Waals surface area contributed by atoms with E-state index in [-0.39, 0.29) is 23.2 Å². The van der Waals surface area contributed by atoms with E-state index in [0.717, 1.165) is 11.1 Å². The lowest BCUT2D eigenvalue weighted by Crippen LogP contribution is -2.17. The van der Waals surface area contributed by atoms with Gasteiger partial charge in [-0.05, 0) is 38.0 Å². The third kappa shape index (κ3) is 3.03. The number of ether oxygens (including phenoxy) is 1. The first-order valence-electron chi connectivity index (χ1n) is 8.11. The number of hydrogen-bond acceptors (Lipinski definition) is 4. The maximum Gasteiger partial charge on any atom is 0.342 e. The van der Waals surface area contributed by atoms with Gasteiger partial charge in [-0.2, -0.15) is 0 Å². The van der Waals surface area contributed by atoms with E-state index in [0.29, 0.717) is 16.7 Å². The van der Waals surface area contributed by atoms with Crippen LogP contribution in [0.25, 0.3) is 17.2 Å². The van der Waals surface area contributed by atoms with Gasteiger partial charge in [0, 0.05) is 16.7 Å². The van der Waals surface area contributed by atoms with Crippen molar-refractivity contribution in [1.82, 2.24) is 0 Å². The molecular weight excluding hydrogens is 316 g/mol. The zero-order chi connectivity index (χ0) is 18.1. The summed E-state index contributed by atoms with van der Waals surface area (Å²) in [6.45, 7) is 4.78. The molecule has 2 aromatic rings. The van der Waals surface area contributed by atoms with Gasteiger partial charge in [0.15, 0.2) is 11.6 Å². The molecule has 4 heteroatoms. The molecule has 0 saturated heterocycles. The van der Waals surface area contributed by atoms with Crippen LogP contribution in [0.2, 0.25) is 0 Å². The number of rotatable bonds is 4. The van der Waals surface area contributed by atoms with Crippen molar-refractivity contribution >= 4 is 23.6 Å². The van der Waals surface area contributed by atoms with Gasteiger partial charge in [-0.3, -0.25) is 9.59 Å². The third-order valence-electron chi connectivity index (χ3n) is 4.02. The van der Waals surface area contributed by atoms with Gasteiger partial charge in [0.2, 0.25) is 0 Å². The number of ketones is 2. The number of carbonyl (C=O) groups excluding carboxylic acids is 3. The standard InChI is InChI=1S/C21H18O4/c1-12(2)25-21(24)18(13(3)22)11-14-7-6-10-17-19(14)15-8-4-5-9-16(15)20(17)23/h4-12H,1-3H3/b18-11-. The minimum absolute atomic E-state index is 0.0288. The summed E-state index contributed by atoms with van der Waals surface area (Å²) >= 11 is 0. The van der Waals surface area contributed by atoms with Gasteiger partial charge < -0.3 is 4.74 Å². The molecule has 0 amide bonds. The van der Waals surface area contributed by atoms with Crippen molar-refractivity contribution in [3.8, 4) is 11.1 Å². The minimum Gasteiger partial charge on any atom is -0.459 e. The molecular formula is C21H18O4. The summed E-state index contributed by atoms with van der Waals surface area (Å²) in [6.07, 6.45) is 1.19. The molecule has 4 nitrogen and oxygen atoms in total. The van der Waals surface area contributed by atoms with E-state index in [1.54, 1.807) is 38.1 Å². The van der Waals surface area contributed by atoms with Crippen molar-refractivity contribution in [3.63, 3.8) is 0 Å². The fourth-order valence-electron chi connectivity index (χ4n) is 2.96. The van der Waals surface area contributed by atoms with Crippen LogP contribution in [0.5, 0.6) is 0 Å². The van der Waals surface area contributed by atoms with Crippen LogP contribution in [0, 0.1) is 0 Å². The van der Waals surface area contributed by atoms with Crippen LogP contribution in [-0.4, -0.2) is 23.6 Å². The number of esters is 1. The topological polar surface area (TPSA) is 60.4 Å². The van der Waals surface area contributed by atoms with Crippen molar-refractivity contribution in [2.75, 3.05) is 0 Å². The van der Waals surface area contributed by atoms with Crippen molar-refractivity contribution in [3.05, 3.63) is 64.7 Å². The second-order valence-corrected chi connectivity index (χ2v) is 6.21. The zero-order valence-electron chi connectivity index (χ0n) is 14.3. The van der Waals surface area contributed by atoms with Crippen LogP contribution in [0.4, 0.5) is 0 Å². The van der Waals surface area contributed by atoms with Gasteiger partial charge in [-0.25, -0.2) is 4.79 Å². The van der Waals surface area contributed by atoms with Crippen LogP contribution in [-0.2, 0) is 14.3 Å². The highest BCUT2D eigenvalue weighted by Gasteiger charge is 2.28. The maximum atomic E-state index is 12.6. The molecule has 0 heterocycles.